The lowest BCUT2D eigenvalue weighted by atomic mass is 10.3. The molecule has 0 aromatic heterocycles. The first-order valence-electron chi connectivity index (χ1n) is 9.40. The molecule has 1 aliphatic rings. The Morgan fingerprint density at radius 3 is 2.57 bits per heavy atom. The molecule has 0 radical (unpaired) electrons. The fraction of sp³-hybridized carbons (Fsp3) is 0.556. The van der Waals surface area contributed by atoms with Crippen LogP contribution in [-0.2, 0) is 19.6 Å². The van der Waals surface area contributed by atoms with E-state index in [0.29, 0.717) is 19.6 Å². The summed E-state index contributed by atoms with van der Waals surface area (Å²) in [4.78, 5) is 24.8. The largest absolute Gasteiger partial charge is 0.354 e. The lowest BCUT2D eigenvalue weighted by Gasteiger charge is -2.31. The van der Waals surface area contributed by atoms with Gasteiger partial charge in [-0.25, -0.2) is 12.8 Å². The van der Waals surface area contributed by atoms with Crippen molar-refractivity contribution in [3.63, 3.8) is 0 Å². The van der Waals surface area contributed by atoms with Crippen LogP contribution in [0.1, 0.15) is 20.3 Å². The molecule has 1 aromatic rings. The molecular weight excluding hydrogens is 387 g/mol. The highest BCUT2D eigenvalue weighted by atomic mass is 32.2. The Labute approximate surface area is 165 Å². The fourth-order valence-corrected chi connectivity index (χ4v) is 4.46. The lowest BCUT2D eigenvalue weighted by Crippen LogP contribution is -3.15. The lowest BCUT2D eigenvalue weighted by molar-refractivity contribution is -0.895. The number of carbonyl (C=O) groups excluding carboxylic acids is 2. The molecule has 1 aliphatic heterocycles. The van der Waals surface area contributed by atoms with E-state index in [-0.39, 0.29) is 36.3 Å². The molecule has 1 saturated heterocycles. The van der Waals surface area contributed by atoms with Gasteiger partial charge in [-0.1, -0.05) is 13.0 Å². The smallest absolute Gasteiger partial charge is 0.275 e. The second-order valence-corrected chi connectivity index (χ2v) is 8.81. The number of nitrogens with one attached hydrogen (secondary N) is 3. The third-order valence-corrected chi connectivity index (χ3v) is 6.49. The van der Waals surface area contributed by atoms with Crippen molar-refractivity contribution in [3.05, 3.63) is 30.1 Å². The van der Waals surface area contributed by atoms with Crippen LogP contribution in [0.5, 0.6) is 0 Å². The van der Waals surface area contributed by atoms with Crippen LogP contribution in [0.3, 0.4) is 0 Å². The van der Waals surface area contributed by atoms with Gasteiger partial charge >= 0.3 is 0 Å². The van der Waals surface area contributed by atoms with Crippen LogP contribution in [0.25, 0.3) is 0 Å². The number of amides is 2. The minimum atomic E-state index is -3.75. The van der Waals surface area contributed by atoms with Crippen molar-refractivity contribution in [2.24, 2.45) is 0 Å². The summed E-state index contributed by atoms with van der Waals surface area (Å²) in [5.41, 5.74) is 0. The molecule has 1 atom stereocenters. The normalized spacial score (nSPS) is 17.1. The molecule has 0 unspecified atom stereocenters. The van der Waals surface area contributed by atoms with E-state index in [1.165, 1.54) is 22.5 Å². The Morgan fingerprint density at radius 1 is 1.29 bits per heavy atom. The van der Waals surface area contributed by atoms with Crippen molar-refractivity contribution in [1.82, 2.24) is 14.9 Å². The minimum absolute atomic E-state index is 0.0689. The maximum atomic E-state index is 13.3. The van der Waals surface area contributed by atoms with Gasteiger partial charge in [-0.15, -0.1) is 0 Å². The molecular formula is C18H28FN4O4S+. The summed E-state index contributed by atoms with van der Waals surface area (Å²) in [5.74, 6) is -1.08. The Kier molecular flexibility index (Phi) is 7.90. The first kappa shape index (κ1) is 22.3. The quantitative estimate of drug-likeness (QED) is 0.494. The van der Waals surface area contributed by atoms with Crippen LogP contribution in [0.15, 0.2) is 29.2 Å². The Hall–Kier alpha value is -2.04. The van der Waals surface area contributed by atoms with Crippen molar-refractivity contribution in [2.45, 2.75) is 31.2 Å². The fourth-order valence-electron chi connectivity index (χ4n) is 2.98. The Balaban J connectivity index is 1.83. The number of piperazine rings is 1. The predicted molar refractivity (Wildman–Crippen MR) is 102 cm³/mol. The van der Waals surface area contributed by atoms with E-state index in [9.17, 15) is 22.4 Å². The van der Waals surface area contributed by atoms with Crippen LogP contribution in [-0.4, -0.2) is 69.8 Å². The third kappa shape index (κ3) is 5.98. The van der Waals surface area contributed by atoms with Crippen LogP contribution >= 0.6 is 0 Å². The number of halogens is 1. The van der Waals surface area contributed by atoms with E-state index in [1.54, 1.807) is 6.92 Å². The molecule has 156 valence electrons. The number of hydrogen-bond donors (Lipinski definition) is 3. The zero-order chi connectivity index (χ0) is 20.7. The van der Waals surface area contributed by atoms with Crippen molar-refractivity contribution >= 4 is 21.8 Å². The SMILES string of the molecule is CCCNC(=O)[C@@H](C)NC(=O)C[NH+]1CCN(S(=O)(=O)c2cccc(F)c2)CC1. The van der Waals surface area contributed by atoms with Crippen LogP contribution in [0.2, 0.25) is 0 Å². The van der Waals surface area contributed by atoms with Gasteiger partial charge in [0.05, 0.1) is 31.1 Å². The van der Waals surface area contributed by atoms with E-state index >= 15 is 0 Å². The number of benzene rings is 1. The standard InChI is InChI=1S/C18H27FN4O4S/c1-3-7-20-18(25)14(2)21-17(24)13-22-8-10-23(11-9-22)28(26,27)16-6-4-5-15(19)12-16/h4-6,12,14H,3,7-11,13H2,1-2H3,(H,20,25)(H,21,24)/p+1/t14-/m1/s1. The van der Waals surface area contributed by atoms with E-state index < -0.39 is 21.9 Å². The monoisotopic (exact) mass is 415 g/mol. The van der Waals surface area contributed by atoms with Crippen molar-refractivity contribution in [2.75, 3.05) is 39.3 Å². The van der Waals surface area contributed by atoms with E-state index in [1.807, 2.05) is 6.92 Å². The molecule has 28 heavy (non-hydrogen) atoms. The van der Waals surface area contributed by atoms with E-state index in [2.05, 4.69) is 10.6 Å². The van der Waals surface area contributed by atoms with Gasteiger partial charge in [0.2, 0.25) is 15.9 Å². The number of hydrogen-bond acceptors (Lipinski definition) is 4. The van der Waals surface area contributed by atoms with Crippen molar-refractivity contribution in [1.29, 1.82) is 0 Å². The van der Waals surface area contributed by atoms with Crippen molar-refractivity contribution < 1.29 is 27.3 Å². The van der Waals surface area contributed by atoms with Crippen LogP contribution in [0, 0.1) is 5.82 Å². The summed E-state index contributed by atoms with van der Waals surface area (Å²) in [5, 5.41) is 5.39. The summed E-state index contributed by atoms with van der Waals surface area (Å²) in [6.07, 6.45) is 0.819. The summed E-state index contributed by atoms with van der Waals surface area (Å²) in [7, 11) is -3.75. The van der Waals surface area contributed by atoms with Gasteiger partial charge in [0.15, 0.2) is 6.54 Å². The first-order chi connectivity index (χ1) is 13.2. The molecule has 0 aliphatic carbocycles. The molecule has 1 aromatic carbocycles. The van der Waals surface area contributed by atoms with Gasteiger partial charge in [0, 0.05) is 6.54 Å². The van der Waals surface area contributed by atoms with Gasteiger partial charge in [-0.3, -0.25) is 9.59 Å². The molecule has 1 fully saturated rings. The summed E-state index contributed by atoms with van der Waals surface area (Å²) in [6.45, 7) is 5.70. The number of rotatable bonds is 8. The van der Waals surface area contributed by atoms with Crippen molar-refractivity contribution in [3.8, 4) is 0 Å². The molecule has 8 nitrogen and oxygen atoms in total. The van der Waals surface area contributed by atoms with Gasteiger partial charge in [-0.05, 0) is 31.5 Å². The van der Waals surface area contributed by atoms with Crippen LogP contribution < -0.4 is 15.5 Å². The molecule has 0 saturated carbocycles. The first-order valence-corrected chi connectivity index (χ1v) is 10.8. The Morgan fingerprint density at radius 2 is 1.96 bits per heavy atom. The third-order valence-electron chi connectivity index (χ3n) is 4.59. The molecule has 3 N–H and O–H groups in total. The van der Waals surface area contributed by atoms with Crippen LogP contribution in [0.4, 0.5) is 4.39 Å². The highest BCUT2D eigenvalue weighted by Crippen LogP contribution is 2.16. The second-order valence-electron chi connectivity index (χ2n) is 6.87. The molecule has 0 bridgehead atoms. The van der Waals surface area contributed by atoms with E-state index in [4.69, 9.17) is 0 Å². The van der Waals surface area contributed by atoms with Gasteiger partial charge in [0.25, 0.3) is 5.91 Å². The highest BCUT2D eigenvalue weighted by Gasteiger charge is 2.31. The van der Waals surface area contributed by atoms with Gasteiger partial charge < -0.3 is 15.5 Å². The number of carbonyl (C=O) groups is 2. The molecule has 2 rings (SSSR count). The summed E-state index contributed by atoms with van der Waals surface area (Å²) >= 11 is 0. The average molecular weight is 416 g/mol. The molecule has 1 heterocycles. The average Bonchev–Trinajstić information content (AvgIpc) is 2.66. The molecule has 10 heteroatoms. The predicted octanol–water partition coefficient (Wildman–Crippen LogP) is -1.25. The topological polar surface area (TPSA) is 100 Å². The number of nitrogens with zero attached hydrogens (tertiary/aromatic N) is 1. The maximum absolute atomic E-state index is 13.3. The van der Waals surface area contributed by atoms with Gasteiger partial charge in [0.1, 0.15) is 11.9 Å². The zero-order valence-corrected chi connectivity index (χ0v) is 17.0. The number of quaternary nitrogens is 1. The second kappa shape index (κ2) is 9.94. The minimum Gasteiger partial charge on any atom is -0.354 e. The Bertz CT molecular complexity index is 795. The molecule has 0 spiro atoms. The summed E-state index contributed by atoms with van der Waals surface area (Å²) in [6, 6.07) is 4.33. The summed E-state index contributed by atoms with van der Waals surface area (Å²) < 4.78 is 39.9. The van der Waals surface area contributed by atoms with E-state index in [0.717, 1.165) is 17.4 Å². The highest BCUT2D eigenvalue weighted by molar-refractivity contribution is 7.89. The molecule has 2 amide bonds. The zero-order valence-electron chi connectivity index (χ0n) is 16.2. The number of sulfonamides is 1. The maximum Gasteiger partial charge on any atom is 0.275 e. The van der Waals surface area contributed by atoms with Gasteiger partial charge in [-0.2, -0.15) is 4.31 Å².